The number of nitrogens with zero attached hydrogens (tertiary/aromatic N) is 7. The van der Waals surface area contributed by atoms with E-state index in [0.29, 0.717) is 23.4 Å². The predicted molar refractivity (Wildman–Crippen MR) is 173 cm³/mol. The van der Waals surface area contributed by atoms with Gasteiger partial charge in [0, 0.05) is 22.2 Å². The van der Waals surface area contributed by atoms with Gasteiger partial charge in [0.1, 0.15) is 5.52 Å². The quantitative estimate of drug-likeness (QED) is 0.208. The molecule has 0 spiro atoms. The third kappa shape index (κ3) is 3.75. The zero-order chi connectivity index (χ0) is 28.9. The van der Waals surface area contributed by atoms with Crippen LogP contribution < -0.4 is 0 Å². The van der Waals surface area contributed by atoms with Crippen LogP contribution in [0.5, 0.6) is 0 Å². The van der Waals surface area contributed by atoms with Crippen LogP contribution in [0, 0.1) is 0 Å². The molecule has 0 bridgehead atoms. The maximum absolute atomic E-state index is 5.28. The minimum Gasteiger partial charge on any atom is -0.292 e. The van der Waals surface area contributed by atoms with Crippen molar-refractivity contribution in [3.05, 3.63) is 140 Å². The summed E-state index contributed by atoms with van der Waals surface area (Å²) in [6.07, 6.45) is 3.65. The van der Waals surface area contributed by atoms with Gasteiger partial charge >= 0.3 is 0 Å². The SMILES string of the molecule is C=Cc1c(C=C)n2c3c4ccccc4n(-c4ccccc4)c3nc2n1-c1nc(-c2ccccc2)nc(-c2ccccc2)n1. The summed E-state index contributed by atoms with van der Waals surface area (Å²) in [6.45, 7) is 8.36. The minimum absolute atomic E-state index is 0.448. The van der Waals surface area contributed by atoms with Crippen LogP contribution in [0.4, 0.5) is 0 Å². The second-order valence-electron chi connectivity index (χ2n) is 10.1. The Kier molecular flexibility index (Phi) is 5.62. The molecular formula is C36H25N7. The number of para-hydroxylation sites is 2. The molecule has 0 fully saturated rings. The number of fused-ring (bicyclic) bond motifs is 5. The van der Waals surface area contributed by atoms with Crippen LogP contribution in [0.3, 0.4) is 0 Å². The fourth-order valence-electron chi connectivity index (χ4n) is 5.82. The first-order chi connectivity index (χ1) is 21.3. The standard InChI is InChI=1S/C36H25N7/c1-3-28-29(4-2)43(35-38-32(24-16-8-5-9-17-24)37-33(39-35)25-18-10-6-11-19-25)36-40-34-31(42(28)36)27-22-14-15-23-30(27)41(34)26-20-12-7-13-21-26/h3-23H,1-2H2. The zero-order valence-electron chi connectivity index (χ0n) is 23.2. The van der Waals surface area contributed by atoms with Gasteiger partial charge in [-0.2, -0.15) is 15.0 Å². The molecule has 8 aromatic rings. The molecule has 0 saturated carbocycles. The highest BCUT2D eigenvalue weighted by atomic mass is 15.3. The van der Waals surface area contributed by atoms with Crippen molar-refractivity contribution in [2.75, 3.05) is 0 Å². The lowest BCUT2D eigenvalue weighted by Crippen LogP contribution is -2.08. The van der Waals surface area contributed by atoms with Gasteiger partial charge in [0.25, 0.3) is 0 Å². The Morgan fingerprint density at radius 3 is 1.70 bits per heavy atom. The van der Waals surface area contributed by atoms with E-state index in [4.69, 9.17) is 19.9 Å². The number of hydrogen-bond donors (Lipinski definition) is 0. The number of aromatic nitrogens is 7. The molecule has 4 aromatic heterocycles. The normalized spacial score (nSPS) is 11.4. The first-order valence-corrected chi connectivity index (χ1v) is 14.0. The van der Waals surface area contributed by atoms with Crippen LogP contribution in [0.15, 0.2) is 128 Å². The van der Waals surface area contributed by atoms with Gasteiger partial charge in [-0.25, -0.2) is 9.55 Å². The highest BCUT2D eigenvalue weighted by Gasteiger charge is 2.26. The van der Waals surface area contributed by atoms with E-state index in [1.54, 1.807) is 0 Å². The largest absolute Gasteiger partial charge is 0.292 e. The number of rotatable bonds is 6. The van der Waals surface area contributed by atoms with Gasteiger partial charge in [-0.3, -0.25) is 8.97 Å². The molecule has 0 saturated heterocycles. The van der Waals surface area contributed by atoms with Gasteiger partial charge in [-0.15, -0.1) is 0 Å². The summed E-state index contributed by atoms with van der Waals surface area (Å²) in [4.78, 5) is 20.2. The van der Waals surface area contributed by atoms with Crippen molar-refractivity contribution in [1.82, 2.24) is 33.5 Å². The van der Waals surface area contributed by atoms with E-state index in [9.17, 15) is 0 Å². The monoisotopic (exact) mass is 555 g/mol. The van der Waals surface area contributed by atoms with Crippen molar-refractivity contribution in [3.63, 3.8) is 0 Å². The highest BCUT2D eigenvalue weighted by Crippen LogP contribution is 2.36. The molecule has 0 atom stereocenters. The molecule has 7 heteroatoms. The van der Waals surface area contributed by atoms with Crippen molar-refractivity contribution >= 4 is 40.0 Å². The van der Waals surface area contributed by atoms with E-state index in [-0.39, 0.29) is 0 Å². The Balaban J connectivity index is 1.50. The predicted octanol–water partition coefficient (Wildman–Crippen LogP) is 8.03. The van der Waals surface area contributed by atoms with E-state index in [2.05, 4.69) is 58.5 Å². The van der Waals surface area contributed by atoms with Crippen LogP contribution in [-0.4, -0.2) is 33.5 Å². The summed E-state index contributed by atoms with van der Waals surface area (Å²) in [5, 5.41) is 1.08. The third-order valence-electron chi connectivity index (χ3n) is 7.69. The van der Waals surface area contributed by atoms with Crippen molar-refractivity contribution in [1.29, 1.82) is 0 Å². The molecule has 0 aliphatic carbocycles. The molecule has 43 heavy (non-hydrogen) atoms. The fraction of sp³-hybridized carbons (Fsp3) is 0. The van der Waals surface area contributed by atoms with Gasteiger partial charge in [0.15, 0.2) is 17.3 Å². The van der Waals surface area contributed by atoms with Crippen molar-refractivity contribution in [2.24, 2.45) is 0 Å². The van der Waals surface area contributed by atoms with Crippen LogP contribution in [0.1, 0.15) is 11.4 Å². The second-order valence-corrected chi connectivity index (χ2v) is 10.1. The molecular weight excluding hydrogens is 530 g/mol. The Morgan fingerprint density at radius 2 is 1.09 bits per heavy atom. The lowest BCUT2D eigenvalue weighted by molar-refractivity contribution is 0.912. The lowest BCUT2D eigenvalue weighted by atomic mass is 10.2. The van der Waals surface area contributed by atoms with E-state index >= 15 is 0 Å². The van der Waals surface area contributed by atoms with E-state index in [1.165, 1.54) is 0 Å². The van der Waals surface area contributed by atoms with Gasteiger partial charge < -0.3 is 0 Å². The average Bonchev–Trinajstić information content (AvgIpc) is 3.70. The van der Waals surface area contributed by atoms with Crippen LogP contribution in [0.2, 0.25) is 0 Å². The van der Waals surface area contributed by atoms with Gasteiger partial charge in [-0.05, 0) is 30.4 Å². The Hall–Kier alpha value is -6.08. The smallest absolute Gasteiger partial charge is 0.241 e. The van der Waals surface area contributed by atoms with Gasteiger partial charge in [0.2, 0.25) is 11.7 Å². The summed E-state index contributed by atoms with van der Waals surface area (Å²) >= 11 is 0. The van der Waals surface area contributed by atoms with E-state index < -0.39 is 0 Å². The molecule has 7 nitrogen and oxygen atoms in total. The average molecular weight is 556 g/mol. The molecule has 0 amide bonds. The molecule has 0 unspecified atom stereocenters. The minimum atomic E-state index is 0.448. The van der Waals surface area contributed by atoms with Crippen molar-refractivity contribution < 1.29 is 0 Å². The zero-order valence-corrected chi connectivity index (χ0v) is 23.2. The molecule has 0 radical (unpaired) electrons. The Bertz CT molecular complexity index is 2250. The number of imidazole rings is 2. The molecule has 8 rings (SSSR count). The molecule has 204 valence electrons. The fourth-order valence-corrected chi connectivity index (χ4v) is 5.82. The Labute approximate surface area is 247 Å². The summed E-state index contributed by atoms with van der Waals surface area (Å²) < 4.78 is 6.28. The van der Waals surface area contributed by atoms with Gasteiger partial charge in [0.05, 0.1) is 16.9 Å². The van der Waals surface area contributed by atoms with Crippen molar-refractivity contribution in [3.8, 4) is 34.4 Å². The second kappa shape index (κ2) is 9.78. The van der Waals surface area contributed by atoms with Crippen LogP contribution >= 0.6 is 0 Å². The van der Waals surface area contributed by atoms with Crippen molar-refractivity contribution in [2.45, 2.75) is 0 Å². The number of benzene rings is 4. The third-order valence-corrected chi connectivity index (χ3v) is 7.69. The molecule has 4 heterocycles. The molecule has 0 aliphatic rings. The van der Waals surface area contributed by atoms with Crippen LogP contribution in [-0.2, 0) is 0 Å². The van der Waals surface area contributed by atoms with Crippen LogP contribution in [0.25, 0.3) is 74.4 Å². The molecule has 0 aliphatic heterocycles. The Morgan fingerprint density at radius 1 is 0.535 bits per heavy atom. The summed E-state index contributed by atoms with van der Waals surface area (Å²) in [7, 11) is 0. The first-order valence-electron chi connectivity index (χ1n) is 14.0. The highest BCUT2D eigenvalue weighted by molar-refractivity contribution is 6.08. The maximum atomic E-state index is 5.28. The topological polar surface area (TPSA) is 65.8 Å². The van der Waals surface area contributed by atoms with Gasteiger partial charge in [-0.1, -0.05) is 110 Å². The summed E-state index contributed by atoms with van der Waals surface area (Å²) in [5.41, 5.74) is 7.34. The molecule has 0 N–H and O–H groups in total. The molecule has 4 aromatic carbocycles. The lowest BCUT2D eigenvalue weighted by Gasteiger charge is -2.10. The summed E-state index contributed by atoms with van der Waals surface area (Å²) in [6, 6.07) is 38.5. The van der Waals surface area contributed by atoms with E-state index in [0.717, 1.165) is 50.3 Å². The van der Waals surface area contributed by atoms with E-state index in [1.807, 2.05) is 95.6 Å². The maximum Gasteiger partial charge on any atom is 0.241 e. The first kappa shape index (κ1) is 24.7. The number of hydrogen-bond acceptors (Lipinski definition) is 4. The summed E-state index contributed by atoms with van der Waals surface area (Å²) in [5.74, 6) is 2.25.